The zero-order valence-corrected chi connectivity index (χ0v) is 13.3. The van der Waals surface area contributed by atoms with Gasteiger partial charge in [-0.15, -0.1) is 0 Å². The van der Waals surface area contributed by atoms with E-state index in [-0.39, 0.29) is 7.92 Å². The van der Waals surface area contributed by atoms with Crippen molar-refractivity contribution in [1.82, 2.24) is 10.3 Å². The van der Waals surface area contributed by atoms with Gasteiger partial charge < -0.3 is 10.7 Å². The third kappa shape index (κ3) is 4.51. The summed E-state index contributed by atoms with van der Waals surface area (Å²) in [5.41, 5.74) is 3.05. The molecule has 21 heavy (non-hydrogen) atoms. The maximum atomic E-state index is 7.60. The van der Waals surface area contributed by atoms with Crippen molar-refractivity contribution in [3.8, 4) is 0 Å². The van der Waals surface area contributed by atoms with Crippen LogP contribution in [0.1, 0.15) is 11.1 Å². The van der Waals surface area contributed by atoms with E-state index in [1.165, 1.54) is 17.1 Å². The number of allylic oxidation sites excluding steroid dienone is 1. The molecule has 1 heterocycles. The molecule has 4 heteroatoms. The average Bonchev–Trinajstić information content (AvgIpc) is 2.52. The molecule has 0 aliphatic heterocycles. The molecule has 1 aromatic heterocycles. The van der Waals surface area contributed by atoms with Crippen LogP contribution in [0.2, 0.25) is 0 Å². The fraction of sp³-hybridized carbons (Fsp3) is 0.176. The molecule has 0 bridgehead atoms. The predicted molar refractivity (Wildman–Crippen MR) is 92.7 cm³/mol. The zero-order valence-electron chi connectivity index (χ0n) is 12.4. The van der Waals surface area contributed by atoms with Crippen LogP contribution in [0.3, 0.4) is 0 Å². The summed E-state index contributed by atoms with van der Waals surface area (Å²) in [4.78, 5) is 4.29. The van der Waals surface area contributed by atoms with E-state index in [1.54, 1.807) is 0 Å². The number of hydrogen-bond acceptors (Lipinski definition) is 3. The Morgan fingerprint density at radius 3 is 2.67 bits per heavy atom. The van der Waals surface area contributed by atoms with Crippen LogP contribution >= 0.6 is 7.92 Å². The van der Waals surface area contributed by atoms with Crippen molar-refractivity contribution >= 4 is 25.0 Å². The lowest BCUT2D eigenvalue weighted by atomic mass is 10.1. The summed E-state index contributed by atoms with van der Waals surface area (Å²) < 4.78 is 0. The van der Waals surface area contributed by atoms with Crippen molar-refractivity contribution < 1.29 is 0 Å². The normalized spacial score (nSPS) is 11.5. The van der Waals surface area contributed by atoms with Crippen LogP contribution in [-0.4, -0.2) is 24.5 Å². The van der Waals surface area contributed by atoms with Crippen LogP contribution in [0.25, 0.3) is 5.57 Å². The highest BCUT2D eigenvalue weighted by molar-refractivity contribution is 7.64. The van der Waals surface area contributed by atoms with E-state index in [0.717, 1.165) is 17.7 Å². The van der Waals surface area contributed by atoms with E-state index in [9.17, 15) is 0 Å². The number of hydrogen-bond donors (Lipinski definition) is 2. The average molecular weight is 297 g/mol. The quantitative estimate of drug-likeness (QED) is 0.635. The van der Waals surface area contributed by atoms with Crippen molar-refractivity contribution in [2.45, 2.75) is 6.54 Å². The standard InChI is InChI=1S/C17H20N3P/c1-21(2)17-8-15(11-20-13-17)16(9-18)12-19-10-14-6-4-3-5-7-14/h3-9,11-13,18-19H,10H2,1-2H3/b16-12+,18-9?. The molecule has 0 atom stereocenters. The minimum Gasteiger partial charge on any atom is -0.386 e. The Kier molecular flexibility index (Phi) is 5.65. The summed E-state index contributed by atoms with van der Waals surface area (Å²) >= 11 is 0. The van der Waals surface area contributed by atoms with Gasteiger partial charge in [0.15, 0.2) is 0 Å². The van der Waals surface area contributed by atoms with Gasteiger partial charge >= 0.3 is 0 Å². The van der Waals surface area contributed by atoms with Gasteiger partial charge in [-0.05, 0) is 30.3 Å². The minimum atomic E-state index is -0.176. The monoisotopic (exact) mass is 297 g/mol. The van der Waals surface area contributed by atoms with E-state index >= 15 is 0 Å². The molecule has 0 spiro atoms. The van der Waals surface area contributed by atoms with E-state index in [4.69, 9.17) is 5.41 Å². The largest absolute Gasteiger partial charge is 0.386 e. The second kappa shape index (κ2) is 7.70. The lowest BCUT2D eigenvalue weighted by Crippen LogP contribution is -2.07. The van der Waals surface area contributed by atoms with Gasteiger partial charge in [0.25, 0.3) is 0 Å². The second-order valence-corrected chi connectivity index (χ2v) is 7.24. The third-order valence-corrected chi connectivity index (χ3v) is 4.41. The molecule has 1 aromatic carbocycles. The Hall–Kier alpha value is -1.99. The first-order valence-electron chi connectivity index (χ1n) is 6.81. The van der Waals surface area contributed by atoms with Crippen LogP contribution in [0.4, 0.5) is 0 Å². The maximum absolute atomic E-state index is 7.60. The van der Waals surface area contributed by atoms with Crippen LogP contribution in [0.5, 0.6) is 0 Å². The molecule has 108 valence electrons. The molecule has 3 nitrogen and oxygen atoms in total. The first-order chi connectivity index (χ1) is 10.2. The van der Waals surface area contributed by atoms with Gasteiger partial charge in [-0.1, -0.05) is 38.3 Å². The van der Waals surface area contributed by atoms with Crippen molar-refractivity contribution in [1.29, 1.82) is 5.41 Å². The maximum Gasteiger partial charge on any atom is 0.0395 e. The highest BCUT2D eigenvalue weighted by atomic mass is 31.1. The van der Waals surface area contributed by atoms with Gasteiger partial charge in [0.1, 0.15) is 0 Å². The highest BCUT2D eigenvalue weighted by Gasteiger charge is 2.03. The Labute approximate surface area is 127 Å². The molecule has 0 radical (unpaired) electrons. The third-order valence-electron chi connectivity index (χ3n) is 3.14. The Morgan fingerprint density at radius 1 is 1.24 bits per heavy atom. The van der Waals surface area contributed by atoms with Crippen LogP contribution in [-0.2, 0) is 6.54 Å². The summed E-state index contributed by atoms with van der Waals surface area (Å²) in [6, 6.07) is 12.3. The smallest absolute Gasteiger partial charge is 0.0395 e. The van der Waals surface area contributed by atoms with E-state index in [1.807, 2.05) is 36.8 Å². The van der Waals surface area contributed by atoms with E-state index in [0.29, 0.717) is 0 Å². The SMILES string of the molecule is CP(C)c1cncc(/C(C=N)=C/NCc2ccccc2)c1. The molecule has 0 aliphatic carbocycles. The molecule has 2 aromatic rings. The molecule has 0 saturated carbocycles. The molecule has 0 aliphatic rings. The number of aromatic nitrogens is 1. The summed E-state index contributed by atoms with van der Waals surface area (Å²) in [5.74, 6) is 0. The van der Waals surface area contributed by atoms with Gasteiger partial charge in [0, 0.05) is 42.5 Å². The summed E-state index contributed by atoms with van der Waals surface area (Å²) in [6.07, 6.45) is 6.97. The number of benzene rings is 1. The molecule has 2 rings (SSSR count). The van der Waals surface area contributed by atoms with Gasteiger partial charge in [-0.2, -0.15) is 0 Å². The zero-order chi connectivity index (χ0) is 15.1. The van der Waals surface area contributed by atoms with Crippen molar-refractivity contribution in [3.63, 3.8) is 0 Å². The number of pyridine rings is 1. The Bertz CT molecular complexity index is 621. The minimum absolute atomic E-state index is 0.176. The van der Waals surface area contributed by atoms with Gasteiger partial charge in [0.2, 0.25) is 0 Å². The van der Waals surface area contributed by atoms with Crippen molar-refractivity contribution in [2.75, 3.05) is 13.3 Å². The number of rotatable bonds is 6. The van der Waals surface area contributed by atoms with Crippen molar-refractivity contribution in [2.24, 2.45) is 0 Å². The molecule has 0 unspecified atom stereocenters. The summed E-state index contributed by atoms with van der Waals surface area (Å²) in [7, 11) is -0.176. The Morgan fingerprint density at radius 2 is 2.00 bits per heavy atom. The molecule has 0 fully saturated rings. The van der Waals surface area contributed by atoms with Gasteiger partial charge in [-0.3, -0.25) is 4.98 Å². The first-order valence-corrected chi connectivity index (χ1v) is 9.05. The van der Waals surface area contributed by atoms with E-state index in [2.05, 4.69) is 41.8 Å². The summed E-state index contributed by atoms with van der Waals surface area (Å²) in [6.45, 7) is 5.16. The Balaban J connectivity index is 2.10. The number of nitrogens with zero attached hydrogens (tertiary/aromatic N) is 1. The molecule has 2 N–H and O–H groups in total. The van der Waals surface area contributed by atoms with E-state index < -0.39 is 0 Å². The van der Waals surface area contributed by atoms with Crippen LogP contribution in [0, 0.1) is 5.41 Å². The fourth-order valence-corrected chi connectivity index (χ4v) is 2.61. The second-order valence-electron chi connectivity index (χ2n) is 4.94. The van der Waals surface area contributed by atoms with Crippen molar-refractivity contribution in [3.05, 3.63) is 66.1 Å². The predicted octanol–water partition coefficient (Wildman–Crippen LogP) is 3.23. The lowest BCUT2D eigenvalue weighted by Gasteiger charge is -2.09. The number of nitrogens with one attached hydrogen (secondary N) is 2. The lowest BCUT2D eigenvalue weighted by molar-refractivity contribution is 0.873. The van der Waals surface area contributed by atoms with Gasteiger partial charge in [0.05, 0.1) is 0 Å². The topological polar surface area (TPSA) is 48.8 Å². The molecule has 0 saturated heterocycles. The summed E-state index contributed by atoms with van der Waals surface area (Å²) in [5, 5.41) is 12.1. The molecular formula is C17H20N3P. The fourth-order valence-electron chi connectivity index (χ4n) is 1.91. The van der Waals surface area contributed by atoms with Gasteiger partial charge in [-0.25, -0.2) is 0 Å². The molecule has 0 amide bonds. The van der Waals surface area contributed by atoms with Crippen LogP contribution < -0.4 is 10.6 Å². The van der Waals surface area contributed by atoms with Crippen LogP contribution in [0.15, 0.2) is 55.0 Å². The first kappa shape index (κ1) is 15.4. The highest BCUT2D eigenvalue weighted by Crippen LogP contribution is 2.24. The molecular weight excluding hydrogens is 277 g/mol.